The molecule has 1 heterocycles. The van der Waals surface area contributed by atoms with Crippen LogP contribution < -0.4 is 4.74 Å². The fourth-order valence-electron chi connectivity index (χ4n) is 2.99. The molecule has 1 aliphatic rings. The van der Waals surface area contributed by atoms with E-state index in [9.17, 15) is 0 Å². The molecule has 1 aromatic rings. The Balaban J connectivity index is 1.85. The van der Waals surface area contributed by atoms with Crippen molar-refractivity contribution in [3.05, 3.63) is 17.8 Å². The first kappa shape index (κ1) is 14.3. The van der Waals surface area contributed by atoms with Crippen LogP contribution in [0, 0.1) is 5.92 Å². The van der Waals surface area contributed by atoms with Gasteiger partial charge in [-0.2, -0.15) is 5.10 Å². The highest BCUT2D eigenvalue weighted by atomic mass is 16.5. The minimum absolute atomic E-state index is 0.612. The molecule has 1 aromatic heterocycles. The van der Waals surface area contributed by atoms with Gasteiger partial charge in [0.15, 0.2) is 0 Å². The van der Waals surface area contributed by atoms with Gasteiger partial charge in [-0.3, -0.25) is 0 Å². The Morgan fingerprint density at radius 1 is 1.05 bits per heavy atom. The highest BCUT2D eigenvalue weighted by Gasteiger charge is 2.22. The molecule has 106 valence electrons. The van der Waals surface area contributed by atoms with E-state index in [1.165, 1.54) is 38.5 Å². The summed E-state index contributed by atoms with van der Waals surface area (Å²) < 4.78 is 5.47. The molecule has 0 amide bonds. The summed E-state index contributed by atoms with van der Waals surface area (Å²) >= 11 is 0. The molecular formula is C16H26N2O. The summed E-state index contributed by atoms with van der Waals surface area (Å²) in [7, 11) is 0. The SMILES string of the molecule is CCCOc1ccc(C2CCC(CCC)CC2)nn1. The maximum Gasteiger partial charge on any atom is 0.233 e. The molecule has 2 rings (SSSR count). The van der Waals surface area contributed by atoms with Gasteiger partial charge in [-0.1, -0.05) is 26.7 Å². The molecule has 1 aliphatic carbocycles. The third-order valence-corrected chi connectivity index (χ3v) is 4.08. The fraction of sp³-hybridized carbons (Fsp3) is 0.750. The minimum atomic E-state index is 0.612. The van der Waals surface area contributed by atoms with Gasteiger partial charge < -0.3 is 4.74 Å². The van der Waals surface area contributed by atoms with Crippen molar-refractivity contribution in [1.82, 2.24) is 10.2 Å². The Labute approximate surface area is 116 Å². The second-order valence-corrected chi connectivity index (χ2v) is 5.65. The van der Waals surface area contributed by atoms with Gasteiger partial charge in [-0.25, -0.2) is 0 Å². The van der Waals surface area contributed by atoms with Gasteiger partial charge in [-0.15, -0.1) is 5.10 Å². The van der Waals surface area contributed by atoms with Crippen molar-refractivity contribution < 1.29 is 4.74 Å². The molecule has 19 heavy (non-hydrogen) atoms. The van der Waals surface area contributed by atoms with E-state index in [2.05, 4.69) is 30.1 Å². The van der Waals surface area contributed by atoms with E-state index in [4.69, 9.17) is 4.74 Å². The predicted molar refractivity (Wildman–Crippen MR) is 77.4 cm³/mol. The normalized spacial score (nSPS) is 23.3. The molecular weight excluding hydrogens is 236 g/mol. The average molecular weight is 262 g/mol. The predicted octanol–water partition coefficient (Wildman–Crippen LogP) is 4.34. The smallest absolute Gasteiger partial charge is 0.233 e. The molecule has 0 aliphatic heterocycles. The van der Waals surface area contributed by atoms with Crippen LogP contribution in [0.1, 0.15) is 70.4 Å². The van der Waals surface area contributed by atoms with Crippen LogP contribution in [0.5, 0.6) is 5.88 Å². The molecule has 1 fully saturated rings. The molecule has 0 saturated heterocycles. The Morgan fingerprint density at radius 2 is 1.84 bits per heavy atom. The van der Waals surface area contributed by atoms with Gasteiger partial charge in [-0.05, 0) is 44.1 Å². The molecule has 0 unspecified atom stereocenters. The fourth-order valence-corrected chi connectivity index (χ4v) is 2.99. The summed E-state index contributed by atoms with van der Waals surface area (Å²) in [6, 6.07) is 4.07. The molecule has 3 nitrogen and oxygen atoms in total. The van der Waals surface area contributed by atoms with Crippen LogP contribution in [0.15, 0.2) is 12.1 Å². The molecule has 0 N–H and O–H groups in total. The zero-order chi connectivity index (χ0) is 13.5. The van der Waals surface area contributed by atoms with E-state index in [-0.39, 0.29) is 0 Å². The Morgan fingerprint density at radius 3 is 2.42 bits per heavy atom. The Bertz CT molecular complexity index is 356. The molecule has 3 heteroatoms. The molecule has 1 saturated carbocycles. The van der Waals surface area contributed by atoms with Crippen molar-refractivity contribution in [3.63, 3.8) is 0 Å². The van der Waals surface area contributed by atoms with Crippen LogP contribution in [0.2, 0.25) is 0 Å². The molecule has 0 atom stereocenters. The molecule has 0 spiro atoms. The van der Waals surface area contributed by atoms with Crippen molar-refractivity contribution >= 4 is 0 Å². The van der Waals surface area contributed by atoms with Gasteiger partial charge in [0.1, 0.15) is 0 Å². The lowest BCUT2D eigenvalue weighted by Gasteiger charge is -2.27. The topological polar surface area (TPSA) is 35.0 Å². The van der Waals surface area contributed by atoms with Crippen LogP contribution in [0.3, 0.4) is 0 Å². The lowest BCUT2D eigenvalue weighted by molar-refractivity contribution is 0.293. The third kappa shape index (κ3) is 4.19. The number of hydrogen-bond donors (Lipinski definition) is 0. The first-order valence-electron chi connectivity index (χ1n) is 7.79. The van der Waals surface area contributed by atoms with E-state index in [1.54, 1.807) is 0 Å². The number of hydrogen-bond acceptors (Lipinski definition) is 3. The largest absolute Gasteiger partial charge is 0.477 e. The summed E-state index contributed by atoms with van der Waals surface area (Å²) in [6.07, 6.45) is 8.97. The second kappa shape index (κ2) is 7.46. The van der Waals surface area contributed by atoms with Crippen molar-refractivity contribution in [2.75, 3.05) is 6.61 Å². The second-order valence-electron chi connectivity index (χ2n) is 5.65. The van der Waals surface area contributed by atoms with Crippen molar-refractivity contribution in [2.45, 2.75) is 64.7 Å². The summed E-state index contributed by atoms with van der Waals surface area (Å²) in [5.74, 6) is 2.22. The summed E-state index contributed by atoms with van der Waals surface area (Å²) in [6.45, 7) is 5.10. The molecule has 0 radical (unpaired) electrons. The van der Waals surface area contributed by atoms with Gasteiger partial charge in [0, 0.05) is 12.0 Å². The number of rotatable bonds is 6. The standard InChI is InChI=1S/C16H26N2O/c1-3-5-13-6-8-14(9-7-13)15-10-11-16(18-17-15)19-12-4-2/h10-11,13-14H,3-9,12H2,1-2H3. The van der Waals surface area contributed by atoms with Gasteiger partial charge >= 0.3 is 0 Å². The van der Waals surface area contributed by atoms with E-state index >= 15 is 0 Å². The van der Waals surface area contributed by atoms with Gasteiger partial charge in [0.25, 0.3) is 0 Å². The van der Waals surface area contributed by atoms with Crippen LogP contribution in [0.25, 0.3) is 0 Å². The van der Waals surface area contributed by atoms with Gasteiger partial charge in [0.2, 0.25) is 5.88 Å². The lowest BCUT2D eigenvalue weighted by atomic mass is 9.79. The van der Waals surface area contributed by atoms with E-state index in [1.807, 2.05) is 6.07 Å². The maximum atomic E-state index is 5.47. The van der Waals surface area contributed by atoms with E-state index in [0.717, 1.165) is 24.6 Å². The average Bonchev–Trinajstić information content (AvgIpc) is 2.47. The maximum absolute atomic E-state index is 5.47. The van der Waals surface area contributed by atoms with Crippen LogP contribution >= 0.6 is 0 Å². The first-order valence-corrected chi connectivity index (χ1v) is 7.79. The summed E-state index contributed by atoms with van der Waals surface area (Å²) in [5.41, 5.74) is 1.15. The number of aromatic nitrogens is 2. The monoisotopic (exact) mass is 262 g/mol. The Hall–Kier alpha value is -1.12. The lowest BCUT2D eigenvalue weighted by Crippen LogP contribution is -2.14. The molecule has 0 aromatic carbocycles. The first-order chi connectivity index (χ1) is 9.33. The summed E-state index contributed by atoms with van der Waals surface area (Å²) in [4.78, 5) is 0. The van der Waals surface area contributed by atoms with E-state index < -0.39 is 0 Å². The zero-order valence-corrected chi connectivity index (χ0v) is 12.3. The zero-order valence-electron chi connectivity index (χ0n) is 12.3. The highest BCUT2D eigenvalue weighted by molar-refractivity contribution is 5.15. The molecule has 0 bridgehead atoms. The Kier molecular flexibility index (Phi) is 5.62. The van der Waals surface area contributed by atoms with Crippen molar-refractivity contribution in [1.29, 1.82) is 0 Å². The summed E-state index contributed by atoms with van der Waals surface area (Å²) in [5, 5.41) is 8.53. The number of nitrogens with zero attached hydrogens (tertiary/aromatic N) is 2. The third-order valence-electron chi connectivity index (χ3n) is 4.08. The number of ether oxygens (including phenoxy) is 1. The minimum Gasteiger partial charge on any atom is -0.477 e. The van der Waals surface area contributed by atoms with Crippen LogP contribution in [0.4, 0.5) is 0 Å². The van der Waals surface area contributed by atoms with E-state index in [0.29, 0.717) is 11.8 Å². The van der Waals surface area contributed by atoms with Crippen molar-refractivity contribution in [3.8, 4) is 5.88 Å². The quantitative estimate of drug-likeness (QED) is 0.765. The highest BCUT2D eigenvalue weighted by Crippen LogP contribution is 2.36. The van der Waals surface area contributed by atoms with Crippen LogP contribution in [-0.2, 0) is 0 Å². The van der Waals surface area contributed by atoms with Gasteiger partial charge in [0.05, 0.1) is 12.3 Å². The van der Waals surface area contributed by atoms with Crippen molar-refractivity contribution in [2.24, 2.45) is 5.92 Å². The van der Waals surface area contributed by atoms with Crippen LogP contribution in [-0.4, -0.2) is 16.8 Å².